The third-order valence-electron chi connectivity index (χ3n) is 7.95. The quantitative estimate of drug-likeness (QED) is 0.0328. The number of esters is 1. The molecule has 0 aliphatic heterocycles. The van der Waals surface area contributed by atoms with Gasteiger partial charge in [-0.25, -0.2) is 4.79 Å². The highest BCUT2D eigenvalue weighted by atomic mass is 16.6. The second-order valence-electron chi connectivity index (χ2n) is 11.9. The average Bonchev–Trinajstić information content (AvgIpc) is 3.03. The molecule has 0 saturated carbocycles. The van der Waals surface area contributed by atoms with Crippen LogP contribution in [-0.2, 0) is 0 Å². The molecule has 0 saturated heterocycles. The first-order valence-electron chi connectivity index (χ1n) is 17.4. The number of benzene rings is 2. The van der Waals surface area contributed by atoms with E-state index in [-0.39, 0.29) is 11.4 Å². The third-order valence-corrected chi connectivity index (χ3v) is 7.95. The molecule has 0 amide bonds. The summed E-state index contributed by atoms with van der Waals surface area (Å²) in [5.41, 5.74) is 0.282. The maximum absolute atomic E-state index is 12.9. The van der Waals surface area contributed by atoms with Gasteiger partial charge in [0, 0.05) is 12.1 Å². The van der Waals surface area contributed by atoms with Crippen LogP contribution < -0.4 is 14.2 Å². The van der Waals surface area contributed by atoms with Crippen molar-refractivity contribution in [3.63, 3.8) is 0 Å². The van der Waals surface area contributed by atoms with Gasteiger partial charge in [-0.2, -0.15) is 0 Å². The summed E-state index contributed by atoms with van der Waals surface area (Å²) in [5, 5.41) is 10.9. The lowest BCUT2D eigenvalue weighted by Gasteiger charge is -2.14. The van der Waals surface area contributed by atoms with E-state index in [4.69, 9.17) is 14.2 Å². The van der Waals surface area contributed by atoms with Crippen molar-refractivity contribution in [2.45, 2.75) is 142 Å². The number of carbonyl (C=O) groups excluding carboxylic acids is 1. The molecule has 0 N–H and O–H groups in total. The van der Waals surface area contributed by atoms with Crippen LogP contribution in [-0.4, -0.2) is 24.1 Å². The van der Waals surface area contributed by atoms with Crippen LogP contribution in [0.1, 0.15) is 153 Å². The fourth-order valence-electron chi connectivity index (χ4n) is 5.21. The fourth-order valence-corrected chi connectivity index (χ4v) is 5.21. The van der Waals surface area contributed by atoms with Gasteiger partial charge in [0.2, 0.25) is 0 Å². The second kappa shape index (κ2) is 24.3. The fraction of sp³-hybridized carbons (Fsp3) is 0.649. The van der Waals surface area contributed by atoms with E-state index < -0.39 is 10.9 Å². The predicted octanol–water partition coefficient (Wildman–Crippen LogP) is 11.4. The van der Waals surface area contributed by atoms with Gasteiger partial charge in [-0.1, -0.05) is 129 Å². The number of hydrogen-bond acceptors (Lipinski definition) is 6. The predicted molar refractivity (Wildman–Crippen MR) is 179 cm³/mol. The van der Waals surface area contributed by atoms with E-state index >= 15 is 0 Å². The van der Waals surface area contributed by atoms with Crippen LogP contribution in [0.4, 0.5) is 5.69 Å². The number of unbranched alkanes of at least 4 members (excludes halogenated alkanes) is 18. The Balaban J connectivity index is 1.83. The number of hydrogen-bond donors (Lipinski definition) is 0. The summed E-state index contributed by atoms with van der Waals surface area (Å²) in [6.07, 6.45) is 25.2. The number of nitro groups is 1. The first kappa shape index (κ1) is 37.1. The molecular weight excluding hydrogens is 554 g/mol. The second-order valence-corrected chi connectivity index (χ2v) is 11.9. The summed E-state index contributed by atoms with van der Waals surface area (Å²) in [6.45, 7) is 5.67. The summed E-state index contributed by atoms with van der Waals surface area (Å²) in [6, 6.07) is 10.6. The van der Waals surface area contributed by atoms with Crippen molar-refractivity contribution in [2.24, 2.45) is 0 Å². The molecule has 2 rings (SSSR count). The molecule has 0 unspecified atom stereocenters. The molecule has 2 aromatic rings. The largest absolute Gasteiger partial charge is 0.490 e. The van der Waals surface area contributed by atoms with Gasteiger partial charge in [-0.05, 0) is 43.2 Å². The van der Waals surface area contributed by atoms with Gasteiger partial charge in [0.05, 0.1) is 23.7 Å². The lowest BCUT2D eigenvalue weighted by Crippen LogP contribution is -2.10. The lowest BCUT2D eigenvalue weighted by molar-refractivity contribution is -0.384. The number of ether oxygens (including phenoxy) is 3. The summed E-state index contributed by atoms with van der Waals surface area (Å²) in [7, 11) is 0. The van der Waals surface area contributed by atoms with Crippen LogP contribution in [0.2, 0.25) is 0 Å². The Morgan fingerprint density at radius 2 is 1.02 bits per heavy atom. The van der Waals surface area contributed by atoms with Gasteiger partial charge >= 0.3 is 5.97 Å². The van der Waals surface area contributed by atoms with Crippen LogP contribution in [0.5, 0.6) is 17.2 Å². The minimum absolute atomic E-state index is 0.0589. The lowest BCUT2D eigenvalue weighted by atomic mass is 10.1. The van der Waals surface area contributed by atoms with Gasteiger partial charge in [-0.3, -0.25) is 10.1 Å². The maximum atomic E-state index is 12.9. The highest BCUT2D eigenvalue weighted by Gasteiger charge is 2.15. The van der Waals surface area contributed by atoms with E-state index in [0.717, 1.165) is 25.7 Å². The molecule has 246 valence electrons. The zero-order valence-corrected chi connectivity index (χ0v) is 27.5. The van der Waals surface area contributed by atoms with Crippen molar-refractivity contribution in [1.29, 1.82) is 0 Å². The number of nitro benzene ring substituents is 1. The van der Waals surface area contributed by atoms with E-state index in [1.54, 1.807) is 18.2 Å². The average molecular weight is 612 g/mol. The molecule has 0 atom stereocenters. The minimum atomic E-state index is -0.552. The van der Waals surface area contributed by atoms with E-state index in [2.05, 4.69) is 13.8 Å². The molecule has 0 aromatic heterocycles. The summed E-state index contributed by atoms with van der Waals surface area (Å²) in [5.74, 6) is 0.879. The van der Waals surface area contributed by atoms with Crippen molar-refractivity contribution in [3.05, 3.63) is 58.1 Å². The zero-order chi connectivity index (χ0) is 31.7. The Bertz CT molecular complexity index is 1040. The smallest absolute Gasteiger partial charge is 0.343 e. The van der Waals surface area contributed by atoms with Gasteiger partial charge in [0.1, 0.15) is 5.75 Å². The van der Waals surface area contributed by atoms with Crippen molar-refractivity contribution in [3.8, 4) is 17.2 Å². The Labute approximate surface area is 266 Å². The normalized spacial score (nSPS) is 11.0. The molecule has 0 spiro atoms. The Kier molecular flexibility index (Phi) is 20.5. The maximum Gasteiger partial charge on any atom is 0.343 e. The van der Waals surface area contributed by atoms with E-state index in [9.17, 15) is 14.9 Å². The Hall–Kier alpha value is -3.09. The first-order chi connectivity index (χ1) is 21.5. The number of carbonyl (C=O) groups is 1. The van der Waals surface area contributed by atoms with Crippen molar-refractivity contribution in [1.82, 2.24) is 0 Å². The molecular formula is C37H57NO6. The van der Waals surface area contributed by atoms with Gasteiger partial charge in [-0.15, -0.1) is 0 Å². The van der Waals surface area contributed by atoms with Crippen molar-refractivity contribution >= 4 is 11.7 Å². The summed E-state index contributed by atoms with van der Waals surface area (Å²) >= 11 is 0. The van der Waals surface area contributed by atoms with Crippen LogP contribution in [0.15, 0.2) is 42.5 Å². The minimum Gasteiger partial charge on any atom is -0.490 e. The highest BCUT2D eigenvalue weighted by Crippen LogP contribution is 2.30. The molecule has 0 bridgehead atoms. The molecule has 0 aliphatic carbocycles. The number of nitrogens with zero attached hydrogens (tertiary/aromatic N) is 1. The molecule has 0 radical (unpaired) electrons. The van der Waals surface area contributed by atoms with E-state index in [1.807, 2.05) is 0 Å². The van der Waals surface area contributed by atoms with Crippen LogP contribution >= 0.6 is 0 Å². The molecule has 7 heteroatoms. The Morgan fingerprint density at radius 1 is 0.591 bits per heavy atom. The van der Waals surface area contributed by atoms with Crippen molar-refractivity contribution in [2.75, 3.05) is 13.2 Å². The summed E-state index contributed by atoms with van der Waals surface area (Å²) < 4.78 is 17.7. The van der Waals surface area contributed by atoms with E-state index in [0.29, 0.717) is 30.3 Å². The number of non-ortho nitro benzene ring substituents is 1. The SMILES string of the molecule is CCCCCCCCCCCCOc1ccc(C(=O)Oc2ccc([N+](=O)[O-])cc2)cc1OCCCCCCCCCCCC. The van der Waals surface area contributed by atoms with Crippen LogP contribution in [0.3, 0.4) is 0 Å². The van der Waals surface area contributed by atoms with E-state index in [1.165, 1.54) is 127 Å². The molecule has 7 nitrogen and oxygen atoms in total. The Morgan fingerprint density at radius 3 is 1.48 bits per heavy atom. The molecule has 0 aliphatic rings. The van der Waals surface area contributed by atoms with Gasteiger partial charge < -0.3 is 14.2 Å². The highest BCUT2D eigenvalue weighted by molar-refractivity contribution is 5.91. The van der Waals surface area contributed by atoms with Crippen LogP contribution in [0, 0.1) is 10.1 Å². The van der Waals surface area contributed by atoms with Gasteiger partial charge in [0.25, 0.3) is 5.69 Å². The standard InChI is InChI=1S/C37H57NO6/c1-3-5-7-9-11-13-15-17-19-21-29-42-35-28-23-32(37(39)44-34-26-24-33(25-27-34)38(40)41)31-36(35)43-30-22-20-18-16-14-12-10-8-6-4-2/h23-28,31H,3-22,29-30H2,1-2H3. The van der Waals surface area contributed by atoms with Gasteiger partial charge in [0.15, 0.2) is 11.5 Å². The molecule has 0 fully saturated rings. The first-order valence-corrected chi connectivity index (χ1v) is 17.4. The monoisotopic (exact) mass is 611 g/mol. The van der Waals surface area contributed by atoms with Crippen LogP contribution in [0.25, 0.3) is 0 Å². The summed E-state index contributed by atoms with van der Waals surface area (Å²) in [4.78, 5) is 23.3. The topological polar surface area (TPSA) is 87.9 Å². The molecule has 44 heavy (non-hydrogen) atoms. The van der Waals surface area contributed by atoms with Crippen molar-refractivity contribution < 1.29 is 23.9 Å². The third kappa shape index (κ3) is 16.7. The molecule has 0 heterocycles. The zero-order valence-electron chi connectivity index (χ0n) is 27.5. The molecule has 2 aromatic carbocycles. The number of rotatable bonds is 27.